The van der Waals surface area contributed by atoms with Gasteiger partial charge in [-0.3, -0.25) is 0 Å². The molecule has 128 valence electrons. The van der Waals surface area contributed by atoms with Crippen molar-refractivity contribution in [2.45, 2.75) is 72.1 Å². The minimum atomic E-state index is 1.12. The molecule has 2 nitrogen and oxygen atoms in total. The summed E-state index contributed by atoms with van der Waals surface area (Å²) in [5, 5.41) is 0. The summed E-state index contributed by atoms with van der Waals surface area (Å²) in [6.45, 7) is 13.7. The summed E-state index contributed by atoms with van der Waals surface area (Å²) in [5.74, 6) is 0. The molecule has 0 saturated carbocycles. The predicted octanol–water partition coefficient (Wildman–Crippen LogP) is 4.69. The Morgan fingerprint density at radius 3 is 1.14 bits per heavy atom. The van der Waals surface area contributed by atoms with Crippen LogP contribution >= 0.6 is 0 Å². The van der Waals surface area contributed by atoms with E-state index in [1.165, 1.54) is 88.6 Å². The van der Waals surface area contributed by atoms with Crippen molar-refractivity contribution in [1.82, 2.24) is 0 Å². The summed E-state index contributed by atoms with van der Waals surface area (Å²) in [6.07, 6.45) is 11.5. The van der Waals surface area contributed by atoms with Gasteiger partial charge in [-0.1, -0.05) is 25.7 Å². The number of hydrogen-bond donors (Lipinski definition) is 0. The van der Waals surface area contributed by atoms with Gasteiger partial charge in [0.1, 0.15) is 0 Å². The third-order valence-corrected chi connectivity index (χ3v) is 5.22. The average Bonchev–Trinajstić information content (AvgIpc) is 2.44. The Morgan fingerprint density at radius 1 is 0.476 bits per heavy atom. The Labute approximate surface area is 135 Å². The molecule has 0 rings (SSSR count). The predicted molar refractivity (Wildman–Crippen MR) is 96.6 cm³/mol. The number of rotatable bonds is 14. The Bertz CT molecular complexity index is 218. The van der Waals surface area contributed by atoms with Crippen LogP contribution in [0.5, 0.6) is 0 Å². The second-order valence-corrected chi connectivity index (χ2v) is 7.86. The molecule has 0 aromatic rings. The summed E-state index contributed by atoms with van der Waals surface area (Å²) in [5.41, 5.74) is 0. The molecule has 0 amide bonds. The Balaban J connectivity index is 3.41. The van der Waals surface area contributed by atoms with Gasteiger partial charge in [-0.2, -0.15) is 0 Å². The summed E-state index contributed by atoms with van der Waals surface area (Å²) in [6, 6.07) is 0. The van der Waals surface area contributed by atoms with E-state index in [0.717, 1.165) is 4.48 Å². The Hall–Kier alpha value is -0.0800. The Kier molecular flexibility index (Phi) is 11.4. The lowest BCUT2D eigenvalue weighted by atomic mass is 10.1. The molecule has 0 aliphatic carbocycles. The summed E-state index contributed by atoms with van der Waals surface area (Å²) in [7, 11) is 6.88. The molecule has 0 N–H and O–H groups in total. The average molecular weight is 301 g/mol. The van der Waals surface area contributed by atoms with E-state index in [-0.39, 0.29) is 0 Å². The van der Waals surface area contributed by atoms with Crippen molar-refractivity contribution in [3.63, 3.8) is 0 Å². The molecule has 0 aromatic heterocycles. The normalized spacial score (nSPS) is 12.9. The molecule has 0 aliphatic rings. The first-order chi connectivity index (χ1) is 9.89. The molecule has 0 heterocycles. The second kappa shape index (κ2) is 11.5. The summed E-state index contributed by atoms with van der Waals surface area (Å²) < 4.78 is 2.44. The lowest BCUT2D eigenvalue weighted by Gasteiger charge is -2.35. The van der Waals surface area contributed by atoms with Crippen molar-refractivity contribution in [1.29, 1.82) is 0 Å². The SMILES string of the molecule is CC[N+](CC)(CC)CCCCCCCCCC[N+](C)(C)C. The van der Waals surface area contributed by atoms with Gasteiger partial charge in [-0.05, 0) is 46.5 Å². The van der Waals surface area contributed by atoms with Gasteiger partial charge in [0.25, 0.3) is 0 Å². The smallest absolute Gasteiger partial charge is 0.0786 e. The maximum absolute atomic E-state index is 2.35. The third-order valence-electron chi connectivity index (χ3n) is 5.22. The largest absolute Gasteiger partial charge is 0.331 e. The van der Waals surface area contributed by atoms with Gasteiger partial charge in [-0.15, -0.1) is 0 Å². The molecule has 0 radical (unpaired) electrons. The molecule has 0 aromatic carbocycles. The van der Waals surface area contributed by atoms with E-state index in [1.54, 1.807) is 0 Å². The number of hydrogen-bond acceptors (Lipinski definition) is 0. The molecule has 0 saturated heterocycles. The first-order valence-corrected chi connectivity index (χ1v) is 9.54. The van der Waals surface area contributed by atoms with Gasteiger partial charge in [-0.25, -0.2) is 0 Å². The standard InChI is InChI=1S/C19H44N2/c1-7-21(8-2,9-3)19-17-15-13-11-10-12-14-16-18-20(4,5)6/h7-19H2,1-6H3/q+2. The van der Waals surface area contributed by atoms with Crippen molar-refractivity contribution in [2.24, 2.45) is 0 Å². The van der Waals surface area contributed by atoms with Crippen LogP contribution < -0.4 is 0 Å². The van der Waals surface area contributed by atoms with Crippen molar-refractivity contribution >= 4 is 0 Å². The van der Waals surface area contributed by atoms with Gasteiger partial charge < -0.3 is 8.97 Å². The van der Waals surface area contributed by atoms with E-state index in [0.29, 0.717) is 0 Å². The fourth-order valence-corrected chi connectivity index (χ4v) is 3.24. The fraction of sp³-hybridized carbons (Fsp3) is 1.00. The maximum atomic E-state index is 2.35. The van der Waals surface area contributed by atoms with Crippen LogP contribution in [0.3, 0.4) is 0 Å². The molecule has 0 spiro atoms. The van der Waals surface area contributed by atoms with E-state index in [4.69, 9.17) is 0 Å². The van der Waals surface area contributed by atoms with E-state index >= 15 is 0 Å². The molecule has 0 atom stereocenters. The zero-order valence-corrected chi connectivity index (χ0v) is 16.1. The van der Waals surface area contributed by atoms with Crippen LogP contribution in [0.1, 0.15) is 72.1 Å². The van der Waals surface area contributed by atoms with Crippen LogP contribution in [0.2, 0.25) is 0 Å². The number of quaternary nitrogens is 2. The molecule has 0 bridgehead atoms. The Morgan fingerprint density at radius 2 is 0.810 bits per heavy atom. The van der Waals surface area contributed by atoms with Crippen molar-refractivity contribution < 1.29 is 8.97 Å². The van der Waals surface area contributed by atoms with Crippen LogP contribution in [0.4, 0.5) is 0 Å². The fourth-order valence-electron chi connectivity index (χ4n) is 3.24. The van der Waals surface area contributed by atoms with Crippen LogP contribution in [0, 0.1) is 0 Å². The zero-order chi connectivity index (χ0) is 16.2. The van der Waals surface area contributed by atoms with Crippen molar-refractivity contribution in [3.8, 4) is 0 Å². The third kappa shape index (κ3) is 11.2. The highest BCUT2D eigenvalue weighted by Crippen LogP contribution is 2.13. The summed E-state index contributed by atoms with van der Waals surface area (Å²) in [4.78, 5) is 0. The first-order valence-electron chi connectivity index (χ1n) is 9.54. The number of unbranched alkanes of at least 4 members (excludes halogenated alkanes) is 7. The molecular weight excluding hydrogens is 256 g/mol. The molecule has 21 heavy (non-hydrogen) atoms. The van der Waals surface area contributed by atoms with E-state index in [9.17, 15) is 0 Å². The van der Waals surface area contributed by atoms with E-state index in [1.807, 2.05) is 0 Å². The molecule has 0 fully saturated rings. The molecule has 0 aliphatic heterocycles. The van der Waals surface area contributed by atoms with Gasteiger partial charge >= 0.3 is 0 Å². The van der Waals surface area contributed by atoms with E-state index < -0.39 is 0 Å². The van der Waals surface area contributed by atoms with Crippen molar-refractivity contribution in [2.75, 3.05) is 53.9 Å². The highest BCUT2D eigenvalue weighted by Gasteiger charge is 2.19. The number of nitrogens with zero attached hydrogens (tertiary/aromatic N) is 2. The van der Waals surface area contributed by atoms with Crippen LogP contribution in [0.15, 0.2) is 0 Å². The van der Waals surface area contributed by atoms with Crippen LogP contribution in [0.25, 0.3) is 0 Å². The zero-order valence-electron chi connectivity index (χ0n) is 16.1. The first kappa shape index (κ1) is 20.9. The summed E-state index contributed by atoms with van der Waals surface area (Å²) >= 11 is 0. The quantitative estimate of drug-likeness (QED) is 0.322. The highest BCUT2D eigenvalue weighted by molar-refractivity contribution is 4.48. The van der Waals surface area contributed by atoms with Gasteiger partial charge in [0.05, 0.1) is 53.9 Å². The highest BCUT2D eigenvalue weighted by atomic mass is 15.3. The monoisotopic (exact) mass is 300 g/mol. The van der Waals surface area contributed by atoms with Gasteiger partial charge in [0.15, 0.2) is 0 Å². The van der Waals surface area contributed by atoms with Gasteiger partial charge in [0.2, 0.25) is 0 Å². The van der Waals surface area contributed by atoms with Crippen molar-refractivity contribution in [3.05, 3.63) is 0 Å². The van der Waals surface area contributed by atoms with E-state index in [2.05, 4.69) is 41.9 Å². The second-order valence-electron chi connectivity index (χ2n) is 7.86. The molecule has 0 unspecified atom stereocenters. The molecule has 2 heteroatoms. The topological polar surface area (TPSA) is 0 Å². The maximum Gasteiger partial charge on any atom is 0.0786 e. The minimum Gasteiger partial charge on any atom is -0.331 e. The van der Waals surface area contributed by atoms with Gasteiger partial charge in [0, 0.05) is 0 Å². The van der Waals surface area contributed by atoms with Crippen LogP contribution in [-0.4, -0.2) is 62.8 Å². The minimum absolute atomic E-state index is 1.12. The lowest BCUT2D eigenvalue weighted by Crippen LogP contribution is -2.48. The molecular formula is C19H44N2+2. The lowest BCUT2D eigenvalue weighted by molar-refractivity contribution is -0.923. The van der Waals surface area contributed by atoms with Crippen LogP contribution in [-0.2, 0) is 0 Å².